The first kappa shape index (κ1) is 14.5. The van der Waals surface area contributed by atoms with Crippen LogP contribution in [0.25, 0.3) is 6.08 Å². The topological polar surface area (TPSA) is 55.8 Å². The van der Waals surface area contributed by atoms with Crippen LogP contribution in [0.4, 0.5) is 5.69 Å². The minimum absolute atomic E-state index is 0.0984. The van der Waals surface area contributed by atoms with Gasteiger partial charge < -0.3 is 9.47 Å². The molecule has 0 radical (unpaired) electrons. The Kier molecular flexibility index (Phi) is 3.34. The normalized spacial score (nSPS) is 17.9. The number of anilines is 1. The van der Waals surface area contributed by atoms with E-state index in [1.165, 1.54) is 4.90 Å². The molecule has 5 heteroatoms. The van der Waals surface area contributed by atoms with E-state index in [4.69, 9.17) is 9.47 Å². The van der Waals surface area contributed by atoms with Crippen molar-refractivity contribution in [3.05, 3.63) is 59.2 Å². The minimum atomic E-state index is -0.292. The van der Waals surface area contributed by atoms with Crippen LogP contribution in [0, 0.1) is 6.92 Å². The number of nitrogens with zero attached hydrogens (tertiary/aromatic N) is 1. The summed E-state index contributed by atoms with van der Waals surface area (Å²) in [6, 6.07) is 12.9. The smallest absolute Gasteiger partial charge is 0.261 e. The van der Waals surface area contributed by atoms with Gasteiger partial charge in [-0.25, -0.2) is 4.90 Å². The molecular formula is C19H15NO4. The van der Waals surface area contributed by atoms with Gasteiger partial charge in [0.15, 0.2) is 11.5 Å². The quantitative estimate of drug-likeness (QED) is 0.630. The highest BCUT2D eigenvalue weighted by molar-refractivity contribution is 6.29. The first-order valence-corrected chi connectivity index (χ1v) is 7.66. The molecule has 1 saturated heterocycles. The maximum Gasteiger partial charge on any atom is 0.261 e. The van der Waals surface area contributed by atoms with Crippen LogP contribution < -0.4 is 14.4 Å². The number of carbonyl (C=O) groups is 2. The van der Waals surface area contributed by atoms with E-state index < -0.39 is 0 Å². The van der Waals surface area contributed by atoms with Crippen molar-refractivity contribution in [3.8, 4) is 11.5 Å². The molecule has 0 aliphatic carbocycles. The molecule has 0 N–H and O–H groups in total. The van der Waals surface area contributed by atoms with Gasteiger partial charge in [-0.15, -0.1) is 0 Å². The van der Waals surface area contributed by atoms with E-state index in [9.17, 15) is 9.59 Å². The van der Waals surface area contributed by atoms with Gasteiger partial charge in [0.05, 0.1) is 12.1 Å². The second kappa shape index (κ2) is 5.53. The van der Waals surface area contributed by atoms with Crippen molar-refractivity contribution in [2.75, 3.05) is 11.7 Å². The molecule has 0 bridgehead atoms. The monoisotopic (exact) mass is 321 g/mol. The second-order valence-corrected chi connectivity index (χ2v) is 5.83. The predicted molar refractivity (Wildman–Crippen MR) is 88.8 cm³/mol. The number of hydrogen-bond donors (Lipinski definition) is 0. The Morgan fingerprint density at radius 1 is 1.00 bits per heavy atom. The van der Waals surface area contributed by atoms with E-state index in [1.807, 2.05) is 31.2 Å². The number of imide groups is 1. The summed E-state index contributed by atoms with van der Waals surface area (Å²) in [6.07, 6.45) is 1.87. The average Bonchev–Trinajstić information content (AvgIpc) is 3.14. The lowest BCUT2D eigenvalue weighted by Crippen LogP contribution is -2.28. The lowest BCUT2D eigenvalue weighted by atomic mass is 10.1. The minimum Gasteiger partial charge on any atom is -0.454 e. The van der Waals surface area contributed by atoms with E-state index in [-0.39, 0.29) is 25.0 Å². The van der Waals surface area contributed by atoms with Gasteiger partial charge in [0.2, 0.25) is 12.7 Å². The summed E-state index contributed by atoms with van der Waals surface area (Å²) in [5.41, 5.74) is 3.04. The summed E-state index contributed by atoms with van der Waals surface area (Å²) in [5, 5.41) is 0. The van der Waals surface area contributed by atoms with Crippen LogP contribution in [-0.4, -0.2) is 18.6 Å². The number of rotatable bonds is 2. The molecule has 1 fully saturated rings. The number of hydrogen-bond acceptors (Lipinski definition) is 4. The molecule has 2 heterocycles. The summed E-state index contributed by atoms with van der Waals surface area (Å²) in [4.78, 5) is 26.2. The summed E-state index contributed by atoms with van der Waals surface area (Å²) >= 11 is 0. The number of benzene rings is 2. The number of fused-ring (bicyclic) bond motifs is 1. The number of ether oxygens (including phenoxy) is 2. The van der Waals surface area contributed by atoms with Crippen molar-refractivity contribution in [2.24, 2.45) is 0 Å². The maximum atomic E-state index is 12.7. The number of amides is 2. The highest BCUT2D eigenvalue weighted by atomic mass is 16.7. The molecule has 0 aromatic heterocycles. The van der Waals surface area contributed by atoms with Crippen molar-refractivity contribution in [2.45, 2.75) is 13.3 Å². The van der Waals surface area contributed by atoms with Gasteiger partial charge in [-0.1, -0.05) is 29.8 Å². The van der Waals surface area contributed by atoms with Crippen molar-refractivity contribution in [3.63, 3.8) is 0 Å². The maximum absolute atomic E-state index is 12.7. The van der Waals surface area contributed by atoms with Crippen LogP contribution in [0.1, 0.15) is 17.5 Å². The molecule has 0 unspecified atom stereocenters. The zero-order valence-corrected chi connectivity index (χ0v) is 13.1. The fourth-order valence-electron chi connectivity index (χ4n) is 2.84. The van der Waals surface area contributed by atoms with Crippen molar-refractivity contribution < 1.29 is 19.1 Å². The van der Waals surface area contributed by atoms with E-state index in [2.05, 4.69) is 0 Å². The van der Waals surface area contributed by atoms with Gasteiger partial charge in [-0.2, -0.15) is 0 Å². The fraction of sp³-hybridized carbons (Fsp3) is 0.158. The zero-order valence-electron chi connectivity index (χ0n) is 13.1. The molecular weight excluding hydrogens is 306 g/mol. The van der Waals surface area contributed by atoms with Crippen LogP contribution in [-0.2, 0) is 9.59 Å². The number of aryl methyl sites for hydroxylation is 1. The fourth-order valence-corrected chi connectivity index (χ4v) is 2.84. The van der Waals surface area contributed by atoms with Gasteiger partial charge in [-0.3, -0.25) is 9.59 Å². The van der Waals surface area contributed by atoms with Gasteiger partial charge in [-0.05, 0) is 30.7 Å². The highest BCUT2D eigenvalue weighted by Gasteiger charge is 2.35. The Balaban J connectivity index is 1.65. The molecule has 2 aliphatic heterocycles. The molecule has 2 aromatic rings. The molecule has 0 saturated carbocycles. The van der Waals surface area contributed by atoms with Crippen LogP contribution in [0.15, 0.2) is 48.0 Å². The van der Waals surface area contributed by atoms with Gasteiger partial charge in [0.1, 0.15) is 0 Å². The third-order valence-corrected chi connectivity index (χ3v) is 4.10. The first-order valence-electron chi connectivity index (χ1n) is 7.66. The predicted octanol–water partition coefficient (Wildman–Crippen LogP) is 3.07. The highest BCUT2D eigenvalue weighted by Crippen LogP contribution is 2.37. The molecule has 4 rings (SSSR count). The summed E-state index contributed by atoms with van der Waals surface area (Å²) in [7, 11) is 0. The lowest BCUT2D eigenvalue weighted by Gasteiger charge is -2.13. The van der Waals surface area contributed by atoms with E-state index >= 15 is 0 Å². The molecule has 5 nitrogen and oxygen atoms in total. The first-order chi connectivity index (χ1) is 11.6. The molecule has 2 aliphatic rings. The van der Waals surface area contributed by atoms with E-state index in [0.29, 0.717) is 22.8 Å². The van der Waals surface area contributed by atoms with Gasteiger partial charge in [0.25, 0.3) is 5.91 Å². The van der Waals surface area contributed by atoms with Gasteiger partial charge >= 0.3 is 0 Å². The third kappa shape index (κ3) is 2.44. The van der Waals surface area contributed by atoms with Crippen molar-refractivity contribution >= 4 is 23.6 Å². The van der Waals surface area contributed by atoms with Crippen molar-refractivity contribution in [1.82, 2.24) is 0 Å². The van der Waals surface area contributed by atoms with E-state index in [1.54, 1.807) is 24.3 Å². The molecule has 0 spiro atoms. The Morgan fingerprint density at radius 2 is 1.75 bits per heavy atom. The Hall–Kier alpha value is -3.08. The van der Waals surface area contributed by atoms with Crippen LogP contribution >= 0.6 is 0 Å². The van der Waals surface area contributed by atoms with Crippen LogP contribution in [0.3, 0.4) is 0 Å². The summed E-state index contributed by atoms with van der Waals surface area (Å²) in [5.74, 6) is 0.633. The SMILES string of the molecule is Cc1ccc(/C=C2\CC(=O)N(c3ccc4c(c3)OCO4)C2=O)cc1. The van der Waals surface area contributed by atoms with Crippen LogP contribution in [0.2, 0.25) is 0 Å². The third-order valence-electron chi connectivity index (χ3n) is 4.10. The Bertz CT molecular complexity index is 867. The molecule has 2 amide bonds. The largest absolute Gasteiger partial charge is 0.454 e. The van der Waals surface area contributed by atoms with Gasteiger partial charge in [0, 0.05) is 11.6 Å². The second-order valence-electron chi connectivity index (χ2n) is 5.83. The Morgan fingerprint density at radius 3 is 2.54 bits per heavy atom. The molecule has 24 heavy (non-hydrogen) atoms. The van der Waals surface area contributed by atoms with E-state index in [0.717, 1.165) is 11.1 Å². The Labute approximate surface area is 139 Å². The zero-order chi connectivity index (χ0) is 16.7. The molecule has 0 atom stereocenters. The summed E-state index contributed by atoms with van der Waals surface area (Å²) < 4.78 is 10.6. The molecule has 120 valence electrons. The molecule has 2 aromatic carbocycles. The lowest BCUT2D eigenvalue weighted by molar-refractivity contribution is -0.120. The summed E-state index contributed by atoms with van der Waals surface area (Å²) in [6.45, 7) is 2.15. The number of carbonyl (C=O) groups excluding carboxylic acids is 2. The standard InChI is InChI=1S/C19H15NO4/c1-12-2-4-13(5-3-12)8-14-9-18(21)20(19(14)22)15-6-7-16-17(10-15)24-11-23-16/h2-8,10H,9,11H2,1H3/b14-8+. The van der Waals surface area contributed by atoms with Crippen LogP contribution in [0.5, 0.6) is 11.5 Å². The van der Waals surface area contributed by atoms with Crippen molar-refractivity contribution in [1.29, 1.82) is 0 Å². The average molecular weight is 321 g/mol.